The van der Waals surface area contributed by atoms with E-state index in [1.807, 2.05) is 18.2 Å². The summed E-state index contributed by atoms with van der Waals surface area (Å²) in [6.07, 6.45) is 6.26. The lowest BCUT2D eigenvalue weighted by Gasteiger charge is -2.31. The van der Waals surface area contributed by atoms with Crippen molar-refractivity contribution in [1.29, 1.82) is 0 Å². The summed E-state index contributed by atoms with van der Waals surface area (Å²) in [5.41, 5.74) is 2.88. The SMILES string of the molecule is [B]c1cnn2c(NCc3cccnc3)cc(C3CCN(S(=O)(=O)c4cc(OC)ccc4ON)CC3)nc12. The number of anilines is 1. The molecule has 0 saturated carbocycles. The van der Waals surface area contributed by atoms with E-state index in [-0.39, 0.29) is 16.6 Å². The van der Waals surface area contributed by atoms with Crippen LogP contribution in [0, 0.1) is 0 Å². The van der Waals surface area contributed by atoms with Crippen molar-refractivity contribution in [2.24, 2.45) is 5.90 Å². The van der Waals surface area contributed by atoms with E-state index in [1.165, 1.54) is 23.5 Å². The zero-order chi connectivity index (χ0) is 26.0. The summed E-state index contributed by atoms with van der Waals surface area (Å²) in [6, 6.07) is 10.3. The number of rotatable bonds is 8. The fourth-order valence-electron chi connectivity index (χ4n) is 4.47. The molecule has 2 radical (unpaired) electrons. The quantitative estimate of drug-likeness (QED) is 0.261. The highest BCUT2D eigenvalue weighted by Gasteiger charge is 2.33. The molecule has 0 unspecified atom stereocenters. The van der Waals surface area contributed by atoms with Gasteiger partial charge in [-0.2, -0.15) is 19.8 Å². The number of piperidine rings is 1. The van der Waals surface area contributed by atoms with Crippen LogP contribution in [0.3, 0.4) is 0 Å². The van der Waals surface area contributed by atoms with E-state index in [1.54, 1.807) is 29.2 Å². The number of ether oxygens (including phenoxy) is 1. The first-order chi connectivity index (χ1) is 17.9. The number of hydrogen-bond acceptors (Lipinski definition) is 9. The second-order valence-corrected chi connectivity index (χ2v) is 10.6. The van der Waals surface area contributed by atoms with Crippen LogP contribution in [0.5, 0.6) is 11.5 Å². The molecule has 5 rings (SSSR count). The van der Waals surface area contributed by atoms with Gasteiger partial charge in [-0.3, -0.25) is 4.98 Å². The third-order valence-corrected chi connectivity index (χ3v) is 8.40. The molecule has 0 aliphatic carbocycles. The number of nitrogens with two attached hydrogens (primary N) is 1. The van der Waals surface area contributed by atoms with Crippen molar-refractivity contribution in [3.8, 4) is 11.5 Å². The lowest BCUT2D eigenvalue weighted by Crippen LogP contribution is -2.38. The minimum absolute atomic E-state index is 0.0266. The predicted octanol–water partition coefficient (Wildman–Crippen LogP) is 1.36. The molecule has 190 valence electrons. The largest absolute Gasteiger partial charge is 0.497 e. The normalized spacial score (nSPS) is 15.1. The summed E-state index contributed by atoms with van der Waals surface area (Å²) in [5.74, 6) is 6.59. The van der Waals surface area contributed by atoms with E-state index in [0.717, 1.165) is 17.1 Å². The molecule has 1 fully saturated rings. The van der Waals surface area contributed by atoms with Crippen LogP contribution in [0.1, 0.15) is 30.0 Å². The third kappa shape index (κ3) is 4.97. The molecule has 4 aromatic rings. The van der Waals surface area contributed by atoms with Gasteiger partial charge < -0.3 is 14.9 Å². The molecule has 0 spiro atoms. The maximum absolute atomic E-state index is 13.4. The third-order valence-electron chi connectivity index (χ3n) is 6.48. The van der Waals surface area contributed by atoms with E-state index in [2.05, 4.69) is 15.4 Å². The lowest BCUT2D eigenvalue weighted by atomic mass is 9.94. The van der Waals surface area contributed by atoms with E-state index in [9.17, 15) is 8.42 Å². The number of nitrogens with one attached hydrogen (secondary N) is 1. The number of benzene rings is 1. The molecule has 0 bridgehead atoms. The molecular formula is C24H26BN7O4S. The van der Waals surface area contributed by atoms with Crippen LogP contribution in [-0.4, -0.2) is 60.4 Å². The Balaban J connectivity index is 1.37. The van der Waals surface area contributed by atoms with Gasteiger partial charge in [0.05, 0.1) is 7.11 Å². The highest BCUT2D eigenvalue weighted by atomic mass is 32.2. The van der Waals surface area contributed by atoms with E-state index in [0.29, 0.717) is 49.3 Å². The van der Waals surface area contributed by atoms with E-state index < -0.39 is 10.0 Å². The van der Waals surface area contributed by atoms with Crippen molar-refractivity contribution < 1.29 is 18.0 Å². The van der Waals surface area contributed by atoms with Gasteiger partial charge in [0.15, 0.2) is 5.75 Å². The standard InChI is InChI=1S/C24H26BN7O4S/c1-35-18-4-5-21(36-26)22(11-18)37(33,34)31-9-6-17(7-10-31)20-12-23(28-14-16-3-2-8-27-13-16)32-24(30-20)19(25)15-29-32/h2-5,8,11-13,15,17,28H,6-7,9-10,14,26H2,1H3. The Kier molecular flexibility index (Phi) is 7.00. The highest BCUT2D eigenvalue weighted by molar-refractivity contribution is 7.89. The topological polar surface area (TPSA) is 137 Å². The number of aromatic nitrogens is 4. The van der Waals surface area contributed by atoms with Gasteiger partial charge in [-0.1, -0.05) is 6.07 Å². The molecule has 1 aliphatic rings. The van der Waals surface area contributed by atoms with Gasteiger partial charge in [-0.15, -0.1) is 0 Å². The number of sulfonamides is 1. The molecule has 11 nitrogen and oxygen atoms in total. The van der Waals surface area contributed by atoms with Crippen molar-refractivity contribution in [3.63, 3.8) is 0 Å². The molecule has 37 heavy (non-hydrogen) atoms. The maximum atomic E-state index is 13.4. The summed E-state index contributed by atoms with van der Waals surface area (Å²) in [6.45, 7) is 1.18. The van der Waals surface area contributed by atoms with Crippen molar-refractivity contribution in [3.05, 3.63) is 66.2 Å². The van der Waals surface area contributed by atoms with Crippen LogP contribution in [0.2, 0.25) is 0 Å². The second kappa shape index (κ2) is 10.4. The van der Waals surface area contributed by atoms with Gasteiger partial charge in [0.2, 0.25) is 10.0 Å². The minimum atomic E-state index is -3.85. The van der Waals surface area contributed by atoms with Crippen LogP contribution < -0.4 is 26.3 Å². The van der Waals surface area contributed by atoms with Gasteiger partial charge in [-0.25, -0.2) is 13.4 Å². The summed E-state index contributed by atoms with van der Waals surface area (Å²) in [5, 5.41) is 7.75. The smallest absolute Gasteiger partial charge is 0.246 e. The number of fused-ring (bicyclic) bond motifs is 1. The number of pyridine rings is 1. The monoisotopic (exact) mass is 519 g/mol. The van der Waals surface area contributed by atoms with Crippen molar-refractivity contribution in [1.82, 2.24) is 23.9 Å². The zero-order valence-corrected chi connectivity index (χ0v) is 21.1. The van der Waals surface area contributed by atoms with Crippen LogP contribution in [0.25, 0.3) is 5.65 Å². The molecular weight excluding hydrogens is 493 g/mol. The fourth-order valence-corrected chi connectivity index (χ4v) is 6.08. The summed E-state index contributed by atoms with van der Waals surface area (Å²) in [4.78, 5) is 13.7. The number of methoxy groups -OCH3 is 1. The molecule has 0 atom stereocenters. The summed E-state index contributed by atoms with van der Waals surface area (Å²) >= 11 is 0. The second-order valence-electron chi connectivity index (χ2n) is 8.73. The Labute approximate surface area is 216 Å². The Morgan fingerprint density at radius 2 is 2.00 bits per heavy atom. The van der Waals surface area contributed by atoms with Crippen LogP contribution in [0.4, 0.5) is 5.82 Å². The first-order valence-corrected chi connectivity index (χ1v) is 13.2. The lowest BCUT2D eigenvalue weighted by molar-refractivity contribution is 0.306. The predicted molar refractivity (Wildman–Crippen MR) is 138 cm³/mol. The zero-order valence-electron chi connectivity index (χ0n) is 20.2. The number of nitrogens with zero attached hydrogens (tertiary/aromatic N) is 5. The van der Waals surface area contributed by atoms with E-state index >= 15 is 0 Å². The fraction of sp³-hybridized carbons (Fsp3) is 0.292. The van der Waals surface area contributed by atoms with Crippen molar-refractivity contribution in [2.75, 3.05) is 25.5 Å². The molecule has 3 aromatic heterocycles. The van der Waals surface area contributed by atoms with Crippen molar-refractivity contribution in [2.45, 2.75) is 30.2 Å². The van der Waals surface area contributed by atoms with Gasteiger partial charge in [0, 0.05) is 62.0 Å². The molecule has 0 amide bonds. The molecule has 3 N–H and O–H groups in total. The Morgan fingerprint density at radius 1 is 1.19 bits per heavy atom. The molecule has 4 heterocycles. The molecule has 1 aromatic carbocycles. The molecule has 1 saturated heterocycles. The van der Waals surface area contributed by atoms with Gasteiger partial charge in [0.25, 0.3) is 0 Å². The van der Waals surface area contributed by atoms with Gasteiger partial charge >= 0.3 is 0 Å². The summed E-state index contributed by atoms with van der Waals surface area (Å²) < 4.78 is 35.1. The van der Waals surface area contributed by atoms with Gasteiger partial charge in [0.1, 0.15) is 30.0 Å². The Morgan fingerprint density at radius 3 is 2.70 bits per heavy atom. The van der Waals surface area contributed by atoms with Crippen LogP contribution >= 0.6 is 0 Å². The highest BCUT2D eigenvalue weighted by Crippen LogP contribution is 2.35. The maximum Gasteiger partial charge on any atom is 0.246 e. The Bertz CT molecular complexity index is 1510. The first kappa shape index (κ1) is 25.0. The van der Waals surface area contributed by atoms with Crippen LogP contribution in [0.15, 0.2) is 59.9 Å². The molecule has 13 heteroatoms. The van der Waals surface area contributed by atoms with Gasteiger partial charge in [-0.05, 0) is 42.1 Å². The van der Waals surface area contributed by atoms with Crippen LogP contribution in [-0.2, 0) is 16.6 Å². The van der Waals surface area contributed by atoms with E-state index in [4.69, 9.17) is 28.3 Å². The molecule has 1 aliphatic heterocycles. The first-order valence-electron chi connectivity index (χ1n) is 11.7. The number of hydrogen-bond donors (Lipinski definition) is 2. The average Bonchev–Trinajstić information content (AvgIpc) is 3.32. The summed E-state index contributed by atoms with van der Waals surface area (Å²) in [7, 11) is 3.76. The average molecular weight is 519 g/mol. The van der Waals surface area contributed by atoms with Crippen molar-refractivity contribution >= 4 is 34.8 Å². The minimum Gasteiger partial charge on any atom is -0.497 e. The Hall–Kier alpha value is -3.68.